The Morgan fingerprint density at radius 3 is 2.33 bits per heavy atom. The molecule has 1 heterocycles. The molecule has 2 atom stereocenters. The van der Waals surface area contributed by atoms with Crippen LogP contribution in [0.25, 0.3) is 6.08 Å². The average Bonchev–Trinajstić information content (AvgIpc) is 2.83. The smallest absolute Gasteiger partial charge is 0.328 e. The molecule has 0 fully saturated rings. The Morgan fingerprint density at radius 1 is 1.23 bits per heavy atom. The van der Waals surface area contributed by atoms with Crippen LogP contribution in [0.5, 0.6) is 0 Å². The molecule has 0 saturated carbocycles. The SMILES string of the molecule is CC=N.CCC(=O)N=C(N)c1ccc2c(c1)CC(C)N(CC(C)(C)F)C2c1c(F)cc(/C=C/C(=O)O)cc1F. The van der Waals surface area contributed by atoms with Crippen molar-refractivity contribution in [3.63, 3.8) is 0 Å². The van der Waals surface area contributed by atoms with Crippen molar-refractivity contribution < 1.29 is 27.9 Å². The lowest BCUT2D eigenvalue weighted by Gasteiger charge is -2.44. The number of carboxylic acids is 1. The van der Waals surface area contributed by atoms with E-state index in [0.29, 0.717) is 17.5 Å². The summed E-state index contributed by atoms with van der Waals surface area (Å²) in [5, 5.41) is 14.9. The molecule has 2 unspecified atom stereocenters. The van der Waals surface area contributed by atoms with Crippen molar-refractivity contribution in [2.24, 2.45) is 10.7 Å². The number of hydrogen-bond donors (Lipinski definition) is 3. The van der Waals surface area contributed by atoms with Crippen LogP contribution in [0.4, 0.5) is 13.2 Å². The van der Waals surface area contributed by atoms with E-state index < -0.39 is 29.3 Å². The number of carboxylic acid groups (broad SMARTS) is 1. The third kappa shape index (κ3) is 8.35. The molecule has 0 aliphatic carbocycles. The van der Waals surface area contributed by atoms with Crippen molar-refractivity contribution in [1.29, 1.82) is 5.41 Å². The van der Waals surface area contributed by atoms with Gasteiger partial charge in [0.2, 0.25) is 5.91 Å². The number of carbonyl (C=O) groups is 2. The van der Waals surface area contributed by atoms with E-state index in [1.807, 2.05) is 6.92 Å². The van der Waals surface area contributed by atoms with Crippen LogP contribution in [0.1, 0.15) is 74.9 Å². The van der Waals surface area contributed by atoms with E-state index in [1.54, 1.807) is 36.9 Å². The van der Waals surface area contributed by atoms with Gasteiger partial charge in [0.05, 0.1) is 6.04 Å². The molecule has 10 heteroatoms. The average molecular weight is 545 g/mol. The van der Waals surface area contributed by atoms with Gasteiger partial charge in [0.1, 0.15) is 23.1 Å². The van der Waals surface area contributed by atoms with Gasteiger partial charge in [-0.3, -0.25) is 9.69 Å². The number of nitrogens with zero attached hydrogens (tertiary/aromatic N) is 2. The molecule has 2 aromatic rings. The highest BCUT2D eigenvalue weighted by Gasteiger charge is 2.39. The summed E-state index contributed by atoms with van der Waals surface area (Å²) in [6.45, 7) is 7.93. The predicted octanol–water partition coefficient (Wildman–Crippen LogP) is 5.44. The highest BCUT2D eigenvalue weighted by atomic mass is 19.1. The number of fused-ring (bicyclic) bond motifs is 1. The Kier molecular flexibility index (Phi) is 10.7. The zero-order valence-corrected chi connectivity index (χ0v) is 22.8. The van der Waals surface area contributed by atoms with Crippen LogP contribution >= 0.6 is 0 Å². The number of amides is 1. The number of alkyl halides is 1. The molecular weight excluding hydrogens is 509 g/mol. The summed E-state index contributed by atoms with van der Waals surface area (Å²) < 4.78 is 45.7. The maximum Gasteiger partial charge on any atom is 0.328 e. The summed E-state index contributed by atoms with van der Waals surface area (Å²) in [6.07, 6.45) is 3.81. The highest BCUT2D eigenvalue weighted by Crippen LogP contribution is 2.41. The van der Waals surface area contributed by atoms with Gasteiger partial charge in [-0.25, -0.2) is 18.0 Å². The van der Waals surface area contributed by atoms with Crippen molar-refractivity contribution in [2.45, 2.75) is 65.2 Å². The first-order valence-corrected chi connectivity index (χ1v) is 12.5. The monoisotopic (exact) mass is 544 g/mol. The molecule has 2 aromatic carbocycles. The van der Waals surface area contributed by atoms with Gasteiger partial charge >= 0.3 is 5.97 Å². The minimum atomic E-state index is -1.64. The van der Waals surface area contributed by atoms with E-state index in [2.05, 4.69) is 4.99 Å². The van der Waals surface area contributed by atoms with Crippen LogP contribution in [0, 0.1) is 17.0 Å². The van der Waals surface area contributed by atoms with Crippen LogP contribution in [0.3, 0.4) is 0 Å². The molecule has 0 radical (unpaired) electrons. The van der Waals surface area contributed by atoms with Crippen LogP contribution in [-0.2, 0) is 16.0 Å². The molecule has 1 amide bonds. The molecule has 1 aliphatic rings. The summed E-state index contributed by atoms with van der Waals surface area (Å²) in [7, 11) is 0. The molecule has 39 heavy (non-hydrogen) atoms. The number of amidine groups is 1. The molecule has 1 aliphatic heterocycles. The zero-order valence-electron chi connectivity index (χ0n) is 22.8. The maximum absolute atomic E-state index is 15.4. The van der Waals surface area contributed by atoms with Crippen molar-refractivity contribution >= 4 is 30.0 Å². The first kappa shape index (κ1) is 31.4. The summed E-state index contributed by atoms with van der Waals surface area (Å²) in [5.41, 5.74) is 6.02. The summed E-state index contributed by atoms with van der Waals surface area (Å²) in [5.74, 6) is -3.30. The van der Waals surface area contributed by atoms with Gasteiger partial charge in [0, 0.05) is 36.2 Å². The normalized spacial score (nSPS) is 17.8. The van der Waals surface area contributed by atoms with Crippen molar-refractivity contribution in [3.05, 3.63) is 75.9 Å². The van der Waals surface area contributed by atoms with Crippen LogP contribution < -0.4 is 5.73 Å². The van der Waals surface area contributed by atoms with Crippen LogP contribution in [-0.4, -0.2) is 52.2 Å². The van der Waals surface area contributed by atoms with Crippen LogP contribution in [0.2, 0.25) is 0 Å². The first-order chi connectivity index (χ1) is 18.2. The number of nitrogens with two attached hydrogens (primary N) is 1. The number of halogens is 3. The molecule has 0 spiro atoms. The second-order valence-electron chi connectivity index (χ2n) is 9.86. The van der Waals surface area contributed by atoms with Gasteiger partial charge in [-0.1, -0.05) is 19.1 Å². The van der Waals surface area contributed by atoms with E-state index in [1.165, 1.54) is 20.1 Å². The largest absolute Gasteiger partial charge is 0.478 e. The zero-order chi connectivity index (χ0) is 29.5. The Hall–Kier alpha value is -3.79. The molecule has 0 saturated heterocycles. The Bertz CT molecular complexity index is 1260. The van der Waals surface area contributed by atoms with Gasteiger partial charge in [0.15, 0.2) is 0 Å². The van der Waals surface area contributed by atoms with Gasteiger partial charge < -0.3 is 16.2 Å². The second kappa shape index (κ2) is 13.3. The molecule has 7 nitrogen and oxygen atoms in total. The molecular formula is C29H35F3N4O3. The topological polar surface area (TPSA) is 120 Å². The molecule has 3 rings (SSSR count). The first-order valence-electron chi connectivity index (χ1n) is 12.5. The molecule has 0 bridgehead atoms. The van der Waals surface area contributed by atoms with E-state index in [9.17, 15) is 14.0 Å². The van der Waals surface area contributed by atoms with E-state index in [4.69, 9.17) is 16.2 Å². The fraction of sp³-hybridized carbons (Fsp3) is 0.379. The maximum atomic E-state index is 15.4. The van der Waals surface area contributed by atoms with Crippen molar-refractivity contribution in [3.8, 4) is 0 Å². The number of nitrogens with one attached hydrogen (secondary N) is 1. The quantitative estimate of drug-likeness (QED) is 0.243. The van der Waals surface area contributed by atoms with Gasteiger partial charge in [0.25, 0.3) is 0 Å². The van der Waals surface area contributed by atoms with Gasteiger partial charge in [-0.15, -0.1) is 0 Å². The minimum Gasteiger partial charge on any atom is -0.478 e. The number of aliphatic carboxylic acids is 1. The minimum absolute atomic E-state index is 0.0492. The number of aliphatic imine (C=N–C) groups is 1. The third-order valence-electron chi connectivity index (χ3n) is 6.05. The fourth-order valence-electron chi connectivity index (χ4n) is 4.49. The number of hydrogen-bond acceptors (Lipinski definition) is 4. The summed E-state index contributed by atoms with van der Waals surface area (Å²) in [6, 6.07) is 5.94. The van der Waals surface area contributed by atoms with E-state index in [0.717, 1.165) is 29.8 Å². The Morgan fingerprint density at radius 2 is 1.82 bits per heavy atom. The molecule has 210 valence electrons. The lowest BCUT2D eigenvalue weighted by molar-refractivity contribution is -0.131. The Labute approximate surface area is 226 Å². The standard InChI is InChI=1S/C27H30F3N3O3.C2H5N/c1-5-22(34)32-26(31)17-7-8-19-18(13-17)10-15(2)33(14-27(3,4)30)25(19)24-20(28)11-16(12-21(24)29)6-9-23(35)36;1-2-3/h6-9,11-13,15,25H,5,10,14H2,1-4H3,(H,35,36)(H2,31,32,34);2-3H,1H3/b9-6+;. The fourth-order valence-corrected chi connectivity index (χ4v) is 4.49. The lowest BCUT2D eigenvalue weighted by atomic mass is 9.82. The van der Waals surface area contributed by atoms with Crippen LogP contribution in [0.15, 0.2) is 41.4 Å². The van der Waals surface area contributed by atoms with Crippen molar-refractivity contribution in [1.82, 2.24) is 4.90 Å². The third-order valence-corrected chi connectivity index (χ3v) is 6.05. The Balaban J connectivity index is 0.00000170. The molecule has 4 N–H and O–H groups in total. The van der Waals surface area contributed by atoms with Gasteiger partial charge in [-0.2, -0.15) is 4.99 Å². The van der Waals surface area contributed by atoms with E-state index >= 15 is 8.78 Å². The summed E-state index contributed by atoms with van der Waals surface area (Å²) >= 11 is 0. The highest BCUT2D eigenvalue weighted by molar-refractivity contribution is 6.04. The van der Waals surface area contributed by atoms with E-state index in [-0.39, 0.29) is 41.9 Å². The number of rotatable bonds is 7. The number of carbonyl (C=O) groups excluding carboxylic acids is 1. The lowest BCUT2D eigenvalue weighted by Crippen LogP contribution is -2.48. The predicted molar refractivity (Wildman–Crippen MR) is 147 cm³/mol. The summed E-state index contributed by atoms with van der Waals surface area (Å²) in [4.78, 5) is 28.1. The van der Waals surface area contributed by atoms with Crippen molar-refractivity contribution in [2.75, 3.05) is 6.54 Å². The second-order valence-corrected chi connectivity index (χ2v) is 9.86. The van der Waals surface area contributed by atoms with Gasteiger partial charge in [-0.05, 0) is 81.3 Å². The number of benzene rings is 2. The molecule has 0 aromatic heterocycles.